The van der Waals surface area contributed by atoms with Gasteiger partial charge in [0.2, 0.25) is 0 Å². The quantitative estimate of drug-likeness (QED) is 0.598. The Hall–Kier alpha value is -2.08. The molecule has 126 valence electrons. The van der Waals surface area contributed by atoms with Crippen molar-refractivity contribution in [2.75, 3.05) is 44.3 Å². The summed E-state index contributed by atoms with van der Waals surface area (Å²) in [7, 11) is 0. The Morgan fingerprint density at radius 3 is 2.39 bits per heavy atom. The summed E-state index contributed by atoms with van der Waals surface area (Å²) in [5, 5.41) is 5.10. The molecule has 0 bridgehead atoms. The first-order valence-corrected chi connectivity index (χ1v) is 8.18. The number of carbonyl (C=O) groups is 2. The van der Waals surface area contributed by atoms with Crippen molar-refractivity contribution in [3.05, 3.63) is 29.8 Å². The molecule has 2 N–H and O–H groups in total. The van der Waals surface area contributed by atoms with Crippen molar-refractivity contribution in [1.29, 1.82) is 0 Å². The van der Waals surface area contributed by atoms with Gasteiger partial charge in [0, 0.05) is 31.9 Å². The standard InChI is InChI=1S/C17H25N3O3/c1-2-18-16(21)17(22)19-9-3-4-14-5-7-15(8-6-14)20-10-12-23-13-11-20/h5-8H,2-4,9-13H2,1H3,(H,18,21)(H,19,22). The van der Waals surface area contributed by atoms with Crippen LogP contribution < -0.4 is 15.5 Å². The number of carbonyl (C=O) groups excluding carboxylic acids is 2. The molecule has 1 saturated heterocycles. The van der Waals surface area contributed by atoms with E-state index in [2.05, 4.69) is 39.8 Å². The molecule has 0 aromatic heterocycles. The minimum absolute atomic E-state index is 0.460. The summed E-state index contributed by atoms with van der Waals surface area (Å²) in [6.45, 7) is 6.19. The fourth-order valence-electron chi connectivity index (χ4n) is 2.51. The summed E-state index contributed by atoms with van der Waals surface area (Å²) >= 11 is 0. The molecule has 2 rings (SSSR count). The lowest BCUT2D eigenvalue weighted by molar-refractivity contribution is -0.139. The van der Waals surface area contributed by atoms with Crippen LogP contribution in [-0.2, 0) is 20.7 Å². The predicted molar refractivity (Wildman–Crippen MR) is 89.5 cm³/mol. The number of likely N-dealkylation sites (N-methyl/N-ethyl adjacent to an activating group) is 1. The van der Waals surface area contributed by atoms with Crippen molar-refractivity contribution in [3.8, 4) is 0 Å². The van der Waals surface area contributed by atoms with E-state index in [1.165, 1.54) is 11.3 Å². The Bertz CT molecular complexity index is 510. The average molecular weight is 319 g/mol. The lowest BCUT2D eigenvalue weighted by Gasteiger charge is -2.28. The summed E-state index contributed by atoms with van der Waals surface area (Å²) in [6.07, 6.45) is 1.68. The molecule has 1 heterocycles. The van der Waals surface area contributed by atoms with Crippen LogP contribution in [0.3, 0.4) is 0 Å². The zero-order valence-electron chi connectivity index (χ0n) is 13.6. The minimum atomic E-state index is -0.567. The number of hydrogen-bond acceptors (Lipinski definition) is 4. The largest absolute Gasteiger partial charge is 0.378 e. The van der Waals surface area contributed by atoms with Gasteiger partial charge in [0.05, 0.1) is 13.2 Å². The number of rotatable bonds is 6. The Morgan fingerprint density at radius 1 is 1.09 bits per heavy atom. The second-order valence-corrected chi connectivity index (χ2v) is 5.48. The van der Waals surface area contributed by atoms with Crippen LogP contribution in [0, 0.1) is 0 Å². The van der Waals surface area contributed by atoms with E-state index in [9.17, 15) is 9.59 Å². The molecule has 0 aliphatic carbocycles. The highest BCUT2D eigenvalue weighted by molar-refractivity contribution is 6.35. The molecule has 6 nitrogen and oxygen atoms in total. The lowest BCUT2D eigenvalue weighted by atomic mass is 10.1. The molecule has 23 heavy (non-hydrogen) atoms. The van der Waals surface area contributed by atoms with Crippen molar-refractivity contribution in [1.82, 2.24) is 10.6 Å². The molecule has 0 spiro atoms. The summed E-state index contributed by atoms with van der Waals surface area (Å²) in [5.41, 5.74) is 2.45. The highest BCUT2D eigenvalue weighted by Crippen LogP contribution is 2.17. The molecule has 1 aromatic rings. The number of anilines is 1. The topological polar surface area (TPSA) is 70.7 Å². The smallest absolute Gasteiger partial charge is 0.309 e. The first-order valence-electron chi connectivity index (χ1n) is 8.18. The Kier molecular flexibility index (Phi) is 6.87. The lowest BCUT2D eigenvalue weighted by Crippen LogP contribution is -2.40. The summed E-state index contributed by atoms with van der Waals surface area (Å²) in [6, 6.07) is 8.51. The number of nitrogens with one attached hydrogen (secondary N) is 2. The van der Waals surface area contributed by atoms with E-state index in [1.54, 1.807) is 6.92 Å². The van der Waals surface area contributed by atoms with Crippen LogP contribution in [0.5, 0.6) is 0 Å². The van der Waals surface area contributed by atoms with Gasteiger partial charge in [-0.15, -0.1) is 0 Å². The maximum absolute atomic E-state index is 11.4. The predicted octanol–water partition coefficient (Wildman–Crippen LogP) is 0.708. The second-order valence-electron chi connectivity index (χ2n) is 5.48. The molecule has 1 fully saturated rings. The van der Waals surface area contributed by atoms with Gasteiger partial charge in [-0.3, -0.25) is 9.59 Å². The summed E-state index contributed by atoms with van der Waals surface area (Å²) in [5.74, 6) is -1.13. The maximum atomic E-state index is 11.4. The molecule has 6 heteroatoms. The fraction of sp³-hybridized carbons (Fsp3) is 0.529. The normalized spacial score (nSPS) is 14.4. The van der Waals surface area contributed by atoms with Crippen LogP contribution in [0.1, 0.15) is 18.9 Å². The number of ether oxygens (including phenoxy) is 1. The zero-order valence-corrected chi connectivity index (χ0v) is 13.6. The Labute approximate surface area is 137 Å². The number of hydrogen-bond donors (Lipinski definition) is 2. The third-order valence-electron chi connectivity index (χ3n) is 3.78. The molecule has 0 unspecified atom stereocenters. The molecule has 0 atom stereocenters. The zero-order chi connectivity index (χ0) is 16.5. The van der Waals surface area contributed by atoms with Gasteiger partial charge < -0.3 is 20.3 Å². The molecule has 2 amide bonds. The van der Waals surface area contributed by atoms with Crippen LogP contribution in [0.2, 0.25) is 0 Å². The van der Waals surface area contributed by atoms with Crippen LogP contribution >= 0.6 is 0 Å². The SMILES string of the molecule is CCNC(=O)C(=O)NCCCc1ccc(N2CCOCC2)cc1. The van der Waals surface area contributed by atoms with E-state index in [1.807, 2.05) is 0 Å². The van der Waals surface area contributed by atoms with Gasteiger partial charge in [-0.1, -0.05) is 12.1 Å². The second kappa shape index (κ2) is 9.15. The van der Waals surface area contributed by atoms with Crippen molar-refractivity contribution >= 4 is 17.5 Å². The van der Waals surface area contributed by atoms with Gasteiger partial charge in [0.15, 0.2) is 0 Å². The average Bonchev–Trinajstić information content (AvgIpc) is 2.60. The summed E-state index contributed by atoms with van der Waals surface area (Å²) in [4.78, 5) is 25.0. The monoisotopic (exact) mass is 319 g/mol. The van der Waals surface area contributed by atoms with Gasteiger partial charge in [-0.25, -0.2) is 0 Å². The number of amides is 2. The van der Waals surface area contributed by atoms with Crippen molar-refractivity contribution in [2.45, 2.75) is 19.8 Å². The van der Waals surface area contributed by atoms with E-state index in [0.717, 1.165) is 39.1 Å². The first kappa shape index (κ1) is 17.3. The van der Waals surface area contributed by atoms with Gasteiger partial charge in [-0.2, -0.15) is 0 Å². The highest BCUT2D eigenvalue weighted by atomic mass is 16.5. The van der Waals surface area contributed by atoms with E-state index in [0.29, 0.717) is 13.1 Å². The third-order valence-corrected chi connectivity index (χ3v) is 3.78. The molecular weight excluding hydrogens is 294 g/mol. The molecular formula is C17H25N3O3. The number of nitrogens with zero attached hydrogens (tertiary/aromatic N) is 1. The van der Waals surface area contributed by atoms with Crippen molar-refractivity contribution in [2.24, 2.45) is 0 Å². The first-order chi connectivity index (χ1) is 11.2. The number of aryl methyl sites for hydroxylation is 1. The summed E-state index contributed by atoms with van der Waals surface area (Å²) < 4.78 is 5.36. The van der Waals surface area contributed by atoms with Crippen molar-refractivity contribution < 1.29 is 14.3 Å². The number of benzene rings is 1. The van der Waals surface area contributed by atoms with E-state index in [4.69, 9.17) is 4.74 Å². The van der Waals surface area contributed by atoms with Gasteiger partial charge in [-0.05, 0) is 37.5 Å². The molecule has 0 saturated carbocycles. The molecule has 1 aliphatic heterocycles. The van der Waals surface area contributed by atoms with Crippen LogP contribution in [0.15, 0.2) is 24.3 Å². The van der Waals surface area contributed by atoms with Gasteiger partial charge in [0.1, 0.15) is 0 Å². The van der Waals surface area contributed by atoms with E-state index in [-0.39, 0.29) is 0 Å². The van der Waals surface area contributed by atoms with Gasteiger partial charge >= 0.3 is 11.8 Å². The molecule has 0 radical (unpaired) electrons. The van der Waals surface area contributed by atoms with Crippen LogP contribution in [0.4, 0.5) is 5.69 Å². The Morgan fingerprint density at radius 2 is 1.74 bits per heavy atom. The van der Waals surface area contributed by atoms with Crippen LogP contribution in [-0.4, -0.2) is 51.2 Å². The fourth-order valence-corrected chi connectivity index (χ4v) is 2.51. The van der Waals surface area contributed by atoms with E-state index >= 15 is 0 Å². The van der Waals surface area contributed by atoms with Crippen LogP contribution in [0.25, 0.3) is 0 Å². The molecule has 1 aliphatic rings. The number of morpholine rings is 1. The van der Waals surface area contributed by atoms with Crippen molar-refractivity contribution in [3.63, 3.8) is 0 Å². The maximum Gasteiger partial charge on any atom is 0.309 e. The minimum Gasteiger partial charge on any atom is -0.378 e. The molecule has 1 aromatic carbocycles. The van der Waals surface area contributed by atoms with Gasteiger partial charge in [0.25, 0.3) is 0 Å². The highest BCUT2D eigenvalue weighted by Gasteiger charge is 2.11. The third kappa shape index (κ3) is 5.56. The van der Waals surface area contributed by atoms with E-state index < -0.39 is 11.8 Å². The Balaban J connectivity index is 1.70.